The summed E-state index contributed by atoms with van der Waals surface area (Å²) in [5.74, 6) is 1.35. The van der Waals surface area contributed by atoms with Crippen LogP contribution in [0.4, 0.5) is 5.82 Å². The third kappa shape index (κ3) is 3.97. The number of fused-ring (bicyclic) bond motifs is 1. The molecule has 2 aromatic heterocycles. The summed E-state index contributed by atoms with van der Waals surface area (Å²) in [6.45, 7) is 8.29. The highest BCUT2D eigenvalue weighted by Gasteiger charge is 2.35. The predicted molar refractivity (Wildman–Crippen MR) is 134 cm³/mol. The first-order valence-corrected chi connectivity index (χ1v) is 12.3. The summed E-state index contributed by atoms with van der Waals surface area (Å²) in [5, 5.41) is 9.38. The van der Waals surface area contributed by atoms with Gasteiger partial charge in [-0.2, -0.15) is 10.2 Å². The van der Waals surface area contributed by atoms with Gasteiger partial charge in [0.25, 0.3) is 0 Å². The summed E-state index contributed by atoms with van der Waals surface area (Å²) in [7, 11) is 1.69. The number of pyridine rings is 1. The lowest BCUT2D eigenvalue weighted by Crippen LogP contribution is -2.57. The van der Waals surface area contributed by atoms with E-state index in [1.165, 1.54) is 28.5 Å². The summed E-state index contributed by atoms with van der Waals surface area (Å²) in [5.41, 5.74) is 4.16. The number of benzene rings is 1. The molecule has 1 saturated heterocycles. The fraction of sp³-hybridized carbons (Fsp3) is 0.481. The molecule has 1 aliphatic heterocycles. The van der Waals surface area contributed by atoms with Crippen LogP contribution in [-0.4, -0.2) is 44.6 Å². The van der Waals surface area contributed by atoms with Crippen molar-refractivity contribution < 1.29 is 0 Å². The highest BCUT2D eigenvalue weighted by Crippen LogP contribution is 2.41. The molecule has 0 bridgehead atoms. The predicted octanol–water partition coefficient (Wildman–Crippen LogP) is 4.13. The Morgan fingerprint density at radius 3 is 2.44 bits per heavy atom. The summed E-state index contributed by atoms with van der Waals surface area (Å²) in [6, 6.07) is 15.6. The summed E-state index contributed by atoms with van der Waals surface area (Å²) in [4.78, 5) is 26.4. The van der Waals surface area contributed by atoms with Crippen molar-refractivity contribution >= 4 is 16.9 Å². The molecular weight excluding hydrogens is 424 g/mol. The number of hydrogen-bond acceptors (Lipinski definition) is 6. The van der Waals surface area contributed by atoms with Crippen LogP contribution in [-0.2, 0) is 7.05 Å². The number of piperazine rings is 1. The first-order valence-electron chi connectivity index (χ1n) is 12.3. The van der Waals surface area contributed by atoms with Gasteiger partial charge >= 0.3 is 5.69 Å². The van der Waals surface area contributed by atoms with E-state index in [1.54, 1.807) is 19.2 Å². The first-order chi connectivity index (χ1) is 16.4. The fourth-order valence-corrected chi connectivity index (χ4v) is 5.42. The van der Waals surface area contributed by atoms with Gasteiger partial charge in [0.2, 0.25) is 0 Å². The maximum absolute atomic E-state index is 12.6. The molecule has 1 aromatic carbocycles. The van der Waals surface area contributed by atoms with Crippen LogP contribution >= 0.6 is 0 Å². The zero-order chi connectivity index (χ0) is 24.0. The van der Waals surface area contributed by atoms with Crippen LogP contribution in [0.15, 0.2) is 41.2 Å². The monoisotopic (exact) mass is 456 g/mol. The summed E-state index contributed by atoms with van der Waals surface area (Å²) in [6.07, 6.45) is 3.69. The second kappa shape index (κ2) is 8.84. The van der Waals surface area contributed by atoms with Gasteiger partial charge in [-0.1, -0.05) is 31.2 Å². The van der Waals surface area contributed by atoms with Crippen molar-refractivity contribution in [1.82, 2.24) is 19.4 Å². The Hall–Kier alpha value is -3.24. The van der Waals surface area contributed by atoms with Crippen molar-refractivity contribution in [3.05, 3.63) is 63.7 Å². The quantitative estimate of drug-likeness (QED) is 0.575. The number of nitrogens with zero attached hydrogens (tertiary/aromatic N) is 6. The van der Waals surface area contributed by atoms with Gasteiger partial charge in [0.1, 0.15) is 17.3 Å². The largest absolute Gasteiger partial charge is 0.349 e. The fourth-order valence-electron chi connectivity index (χ4n) is 5.42. The van der Waals surface area contributed by atoms with Crippen LogP contribution in [0, 0.1) is 11.3 Å². The molecule has 7 nitrogen and oxygen atoms in total. The lowest BCUT2D eigenvalue weighted by molar-refractivity contribution is 0.107. The van der Waals surface area contributed by atoms with E-state index in [-0.39, 0.29) is 17.8 Å². The highest BCUT2D eigenvalue weighted by molar-refractivity contribution is 5.86. The topological polar surface area (TPSA) is 78.0 Å². The van der Waals surface area contributed by atoms with Crippen molar-refractivity contribution in [3.63, 3.8) is 0 Å². The molecule has 3 atom stereocenters. The van der Waals surface area contributed by atoms with Gasteiger partial charge in [-0.05, 0) is 62.3 Å². The van der Waals surface area contributed by atoms with Gasteiger partial charge in [-0.3, -0.25) is 9.47 Å². The van der Waals surface area contributed by atoms with E-state index in [4.69, 9.17) is 0 Å². The van der Waals surface area contributed by atoms with E-state index >= 15 is 0 Å². The molecule has 34 heavy (non-hydrogen) atoms. The summed E-state index contributed by atoms with van der Waals surface area (Å²) < 4.78 is 1.50. The maximum Gasteiger partial charge on any atom is 0.349 e. The van der Waals surface area contributed by atoms with Crippen LogP contribution < -0.4 is 10.6 Å². The number of rotatable bonds is 5. The van der Waals surface area contributed by atoms with Crippen LogP contribution in [0.3, 0.4) is 0 Å². The molecule has 0 N–H and O–H groups in total. The van der Waals surface area contributed by atoms with Crippen molar-refractivity contribution in [1.29, 1.82) is 5.26 Å². The normalized spacial score (nSPS) is 22.0. The van der Waals surface area contributed by atoms with E-state index < -0.39 is 0 Å². The average molecular weight is 457 g/mol. The van der Waals surface area contributed by atoms with E-state index in [0.29, 0.717) is 28.6 Å². The van der Waals surface area contributed by atoms with Crippen LogP contribution in [0.5, 0.6) is 0 Å². The Morgan fingerprint density at radius 1 is 1.06 bits per heavy atom. The van der Waals surface area contributed by atoms with Crippen LogP contribution in [0.25, 0.3) is 11.0 Å². The molecule has 3 heterocycles. The molecule has 1 saturated carbocycles. The van der Waals surface area contributed by atoms with E-state index in [2.05, 4.69) is 70.9 Å². The van der Waals surface area contributed by atoms with Gasteiger partial charge in [-0.25, -0.2) is 9.78 Å². The minimum atomic E-state index is -0.307. The molecule has 3 aromatic rings. The average Bonchev–Trinajstić information content (AvgIpc) is 3.69. The molecule has 0 amide bonds. The Bertz CT molecular complexity index is 1300. The number of hydrogen-bond donors (Lipinski definition) is 0. The van der Waals surface area contributed by atoms with Gasteiger partial charge in [0.05, 0.1) is 5.52 Å². The van der Waals surface area contributed by atoms with Gasteiger partial charge in [0, 0.05) is 38.3 Å². The van der Waals surface area contributed by atoms with Crippen LogP contribution in [0.2, 0.25) is 0 Å². The van der Waals surface area contributed by atoms with Gasteiger partial charge in [-0.15, -0.1) is 0 Å². The van der Waals surface area contributed by atoms with Crippen molar-refractivity contribution in [2.45, 2.75) is 64.1 Å². The third-order valence-corrected chi connectivity index (χ3v) is 7.51. The Balaban J connectivity index is 1.45. The molecule has 2 aliphatic rings. The van der Waals surface area contributed by atoms with E-state index in [9.17, 15) is 10.1 Å². The maximum atomic E-state index is 12.6. The molecule has 176 valence electrons. The smallest absolute Gasteiger partial charge is 0.349 e. The summed E-state index contributed by atoms with van der Waals surface area (Å²) >= 11 is 0. The van der Waals surface area contributed by atoms with Gasteiger partial charge < -0.3 is 4.90 Å². The number of aromatic nitrogens is 3. The van der Waals surface area contributed by atoms with Crippen LogP contribution in [0.1, 0.15) is 68.8 Å². The van der Waals surface area contributed by atoms with Crippen molar-refractivity contribution in [3.8, 4) is 6.07 Å². The van der Waals surface area contributed by atoms with E-state index in [0.717, 1.165) is 25.4 Å². The molecule has 0 spiro atoms. The zero-order valence-electron chi connectivity index (χ0n) is 20.4. The SMILES string of the molecule is CCC(c1ccc(C2CC2)cc1)N1C[C@H](C)N(c2nc(=O)n(C)c3ccc(C#N)nc23)C[C@H]1C. The minimum absolute atomic E-state index is 0.145. The second-order valence-corrected chi connectivity index (χ2v) is 9.87. The number of aryl methyl sites for hydroxylation is 1. The molecule has 7 heteroatoms. The molecule has 1 aliphatic carbocycles. The minimum Gasteiger partial charge on any atom is -0.349 e. The molecule has 0 radical (unpaired) electrons. The molecule has 5 rings (SSSR count). The molecular formula is C27H32N6O. The Kier molecular flexibility index (Phi) is 5.86. The standard InChI is InChI=1S/C27H32N6O/c1-5-23(21-10-8-20(9-11-21)19-6-7-19)32-15-18(3)33(16-17(32)2)26-25-24(31(4)27(34)30-26)13-12-22(14-28)29-25/h8-13,17-19,23H,5-7,15-16H2,1-4H3/t17-,18+,23?/m1/s1. The first kappa shape index (κ1) is 22.5. The zero-order valence-corrected chi connectivity index (χ0v) is 20.4. The third-order valence-electron chi connectivity index (χ3n) is 7.51. The highest BCUT2D eigenvalue weighted by atomic mass is 16.1. The van der Waals surface area contributed by atoms with Gasteiger partial charge in [0.15, 0.2) is 5.82 Å². The second-order valence-electron chi connectivity index (χ2n) is 9.87. The Morgan fingerprint density at radius 2 is 1.79 bits per heavy atom. The Labute approximate surface area is 200 Å². The number of anilines is 1. The van der Waals surface area contributed by atoms with Crippen molar-refractivity contribution in [2.75, 3.05) is 18.0 Å². The molecule has 2 fully saturated rings. The van der Waals surface area contributed by atoms with Crippen molar-refractivity contribution in [2.24, 2.45) is 7.05 Å². The van der Waals surface area contributed by atoms with E-state index in [1.807, 2.05) is 0 Å². The lowest BCUT2D eigenvalue weighted by Gasteiger charge is -2.48. The number of nitriles is 1. The molecule has 1 unspecified atom stereocenters. The lowest BCUT2D eigenvalue weighted by atomic mass is 9.96.